The van der Waals surface area contributed by atoms with E-state index in [1.54, 1.807) is 7.05 Å². The first-order valence-electron chi connectivity index (χ1n) is 6.11. The van der Waals surface area contributed by atoms with E-state index in [4.69, 9.17) is 0 Å². The number of hydrogen-bond acceptors (Lipinski definition) is 3. The zero-order valence-corrected chi connectivity index (χ0v) is 10.4. The molecule has 0 radical (unpaired) electrons. The molecule has 0 atom stereocenters. The maximum absolute atomic E-state index is 13.6. The fourth-order valence-corrected chi connectivity index (χ4v) is 2.41. The molecule has 1 aliphatic heterocycles. The minimum atomic E-state index is -0.720. The Balaban J connectivity index is 2.05. The maximum Gasteiger partial charge on any atom is 0.149 e. The van der Waals surface area contributed by atoms with Gasteiger partial charge in [-0.05, 0) is 32.0 Å². The van der Waals surface area contributed by atoms with Crippen LogP contribution in [0.4, 0.5) is 14.5 Å². The molecule has 1 aromatic carbocycles. The van der Waals surface area contributed by atoms with E-state index in [1.807, 2.05) is 4.90 Å². The molecule has 100 valence electrons. The van der Waals surface area contributed by atoms with Gasteiger partial charge >= 0.3 is 0 Å². The van der Waals surface area contributed by atoms with E-state index in [1.165, 1.54) is 12.1 Å². The van der Waals surface area contributed by atoms with Crippen molar-refractivity contribution in [2.45, 2.75) is 18.4 Å². The first-order valence-corrected chi connectivity index (χ1v) is 6.11. The lowest BCUT2D eigenvalue weighted by Gasteiger charge is -2.39. The van der Waals surface area contributed by atoms with E-state index < -0.39 is 17.2 Å². The topological polar surface area (TPSA) is 35.5 Å². The zero-order chi connectivity index (χ0) is 13.2. The Morgan fingerprint density at radius 2 is 2.00 bits per heavy atom. The number of hydrogen-bond donors (Lipinski definition) is 2. The molecule has 0 aromatic heterocycles. The standard InChI is InChI=1S/C13H18F2N2O/c1-16-9-13(18)4-6-17(7-5-13)12-3-2-10(14)8-11(12)15/h2-3,8,16,18H,4-7,9H2,1H3. The summed E-state index contributed by atoms with van der Waals surface area (Å²) in [6, 6.07) is 3.60. The van der Waals surface area contributed by atoms with E-state index in [0.29, 0.717) is 38.2 Å². The van der Waals surface area contributed by atoms with Gasteiger partial charge in [-0.15, -0.1) is 0 Å². The lowest BCUT2D eigenvalue weighted by molar-refractivity contribution is 0.0184. The molecule has 1 saturated heterocycles. The van der Waals surface area contributed by atoms with Crippen LogP contribution in [0.1, 0.15) is 12.8 Å². The van der Waals surface area contributed by atoms with Crippen molar-refractivity contribution >= 4 is 5.69 Å². The SMILES string of the molecule is CNCC1(O)CCN(c2ccc(F)cc2F)CC1. The third-order valence-electron chi connectivity index (χ3n) is 3.45. The smallest absolute Gasteiger partial charge is 0.149 e. The fourth-order valence-electron chi connectivity index (χ4n) is 2.41. The van der Waals surface area contributed by atoms with Crippen molar-refractivity contribution in [3.05, 3.63) is 29.8 Å². The van der Waals surface area contributed by atoms with Crippen LogP contribution in [-0.2, 0) is 0 Å². The predicted octanol–water partition coefficient (Wildman–Crippen LogP) is 1.52. The van der Waals surface area contributed by atoms with Gasteiger partial charge in [-0.2, -0.15) is 0 Å². The van der Waals surface area contributed by atoms with Crippen LogP contribution in [0, 0.1) is 11.6 Å². The Morgan fingerprint density at radius 3 is 2.56 bits per heavy atom. The lowest BCUT2D eigenvalue weighted by Crippen LogP contribution is -2.49. The van der Waals surface area contributed by atoms with Gasteiger partial charge in [0.25, 0.3) is 0 Å². The molecule has 18 heavy (non-hydrogen) atoms. The van der Waals surface area contributed by atoms with Gasteiger partial charge in [-0.3, -0.25) is 0 Å². The van der Waals surface area contributed by atoms with Crippen LogP contribution in [-0.4, -0.2) is 37.4 Å². The molecular weight excluding hydrogens is 238 g/mol. The molecule has 1 fully saturated rings. The summed E-state index contributed by atoms with van der Waals surface area (Å²) in [7, 11) is 1.80. The zero-order valence-electron chi connectivity index (χ0n) is 10.4. The highest BCUT2D eigenvalue weighted by Gasteiger charge is 2.32. The quantitative estimate of drug-likeness (QED) is 0.860. The second kappa shape index (κ2) is 5.20. The maximum atomic E-state index is 13.6. The first-order chi connectivity index (χ1) is 8.54. The average Bonchev–Trinajstić information content (AvgIpc) is 2.31. The van der Waals surface area contributed by atoms with Gasteiger partial charge in [-0.25, -0.2) is 8.78 Å². The van der Waals surface area contributed by atoms with E-state index >= 15 is 0 Å². The summed E-state index contributed by atoms with van der Waals surface area (Å²) in [6.45, 7) is 1.67. The second-order valence-electron chi connectivity index (χ2n) is 4.84. The molecule has 2 rings (SSSR count). The molecule has 1 aliphatic rings. The van der Waals surface area contributed by atoms with Crippen molar-refractivity contribution in [3.63, 3.8) is 0 Å². The summed E-state index contributed by atoms with van der Waals surface area (Å²) < 4.78 is 26.5. The minimum absolute atomic E-state index is 0.405. The molecule has 1 aromatic rings. The summed E-state index contributed by atoms with van der Waals surface area (Å²) in [5.74, 6) is -1.12. The second-order valence-corrected chi connectivity index (χ2v) is 4.84. The molecule has 0 aliphatic carbocycles. The Bertz CT molecular complexity index is 417. The van der Waals surface area contributed by atoms with E-state index in [9.17, 15) is 13.9 Å². The van der Waals surface area contributed by atoms with Crippen molar-refractivity contribution in [1.29, 1.82) is 0 Å². The van der Waals surface area contributed by atoms with Crippen LogP contribution < -0.4 is 10.2 Å². The van der Waals surface area contributed by atoms with Crippen LogP contribution in [0.25, 0.3) is 0 Å². The Hall–Kier alpha value is -1.20. The fraction of sp³-hybridized carbons (Fsp3) is 0.538. The molecule has 0 unspecified atom stereocenters. The molecule has 1 heterocycles. The normalized spacial score (nSPS) is 19.0. The van der Waals surface area contributed by atoms with Gasteiger partial charge in [0.05, 0.1) is 11.3 Å². The average molecular weight is 256 g/mol. The van der Waals surface area contributed by atoms with Crippen molar-refractivity contribution in [3.8, 4) is 0 Å². The van der Waals surface area contributed by atoms with Crippen molar-refractivity contribution in [1.82, 2.24) is 5.32 Å². The largest absolute Gasteiger partial charge is 0.388 e. The predicted molar refractivity (Wildman–Crippen MR) is 66.7 cm³/mol. The summed E-state index contributed by atoms with van der Waals surface area (Å²) in [5, 5.41) is 13.2. The van der Waals surface area contributed by atoms with E-state index in [0.717, 1.165) is 6.07 Å². The number of anilines is 1. The van der Waals surface area contributed by atoms with Gasteiger partial charge in [-0.1, -0.05) is 0 Å². The molecule has 0 saturated carbocycles. The number of aliphatic hydroxyl groups is 1. The highest BCUT2D eigenvalue weighted by molar-refractivity contribution is 5.48. The molecule has 5 heteroatoms. The third kappa shape index (κ3) is 2.79. The van der Waals surface area contributed by atoms with Gasteiger partial charge in [0.1, 0.15) is 11.6 Å². The summed E-state index contributed by atoms with van der Waals surface area (Å²) in [4.78, 5) is 1.85. The number of piperidine rings is 1. The molecule has 0 spiro atoms. The van der Waals surface area contributed by atoms with Crippen LogP contribution >= 0.6 is 0 Å². The lowest BCUT2D eigenvalue weighted by atomic mass is 9.91. The summed E-state index contributed by atoms with van der Waals surface area (Å²) >= 11 is 0. The number of nitrogens with zero attached hydrogens (tertiary/aromatic N) is 1. The highest BCUT2D eigenvalue weighted by atomic mass is 19.1. The van der Waals surface area contributed by atoms with Gasteiger partial charge < -0.3 is 15.3 Å². The van der Waals surface area contributed by atoms with Crippen molar-refractivity contribution in [2.75, 3.05) is 31.6 Å². The first kappa shape index (κ1) is 13.2. The van der Waals surface area contributed by atoms with Crippen LogP contribution in [0.3, 0.4) is 0 Å². The molecule has 3 nitrogen and oxygen atoms in total. The van der Waals surface area contributed by atoms with Gasteiger partial charge in [0.2, 0.25) is 0 Å². The van der Waals surface area contributed by atoms with Crippen LogP contribution in [0.2, 0.25) is 0 Å². The Morgan fingerprint density at radius 1 is 1.33 bits per heavy atom. The Labute approximate surface area is 105 Å². The summed E-state index contributed by atoms with van der Waals surface area (Å²) in [5.41, 5.74) is -0.315. The number of halogens is 2. The third-order valence-corrected chi connectivity index (χ3v) is 3.45. The molecular formula is C13H18F2N2O. The monoisotopic (exact) mass is 256 g/mol. The molecule has 0 amide bonds. The van der Waals surface area contributed by atoms with Gasteiger partial charge in [0.15, 0.2) is 0 Å². The van der Waals surface area contributed by atoms with Crippen LogP contribution in [0.5, 0.6) is 0 Å². The number of benzene rings is 1. The van der Waals surface area contributed by atoms with Crippen LogP contribution in [0.15, 0.2) is 18.2 Å². The van der Waals surface area contributed by atoms with E-state index in [2.05, 4.69) is 5.32 Å². The number of likely N-dealkylation sites (N-methyl/N-ethyl adjacent to an activating group) is 1. The Kier molecular flexibility index (Phi) is 3.82. The number of rotatable bonds is 3. The van der Waals surface area contributed by atoms with E-state index in [-0.39, 0.29) is 0 Å². The minimum Gasteiger partial charge on any atom is -0.388 e. The highest BCUT2D eigenvalue weighted by Crippen LogP contribution is 2.27. The number of nitrogens with one attached hydrogen (secondary N) is 1. The van der Waals surface area contributed by atoms with Crippen molar-refractivity contribution < 1.29 is 13.9 Å². The van der Waals surface area contributed by atoms with Crippen molar-refractivity contribution in [2.24, 2.45) is 0 Å². The molecule has 0 bridgehead atoms. The summed E-state index contributed by atoms with van der Waals surface area (Å²) in [6.07, 6.45) is 1.15. The molecule has 2 N–H and O–H groups in total. The van der Waals surface area contributed by atoms with Gasteiger partial charge in [0, 0.05) is 25.7 Å².